The van der Waals surface area contributed by atoms with Gasteiger partial charge in [0, 0.05) is 5.69 Å². The number of carbonyl (C=O) groups excluding carboxylic acids is 2. The molecular formula is C11H13FN2O3. The Morgan fingerprint density at radius 2 is 1.76 bits per heavy atom. The Bertz CT molecular complexity index is 441. The lowest BCUT2D eigenvalue weighted by molar-refractivity contribution is -0.132. The second kappa shape index (κ2) is 4.50. The Morgan fingerprint density at radius 1 is 1.24 bits per heavy atom. The van der Waals surface area contributed by atoms with Gasteiger partial charge in [0.15, 0.2) is 0 Å². The molecule has 1 aliphatic rings. The van der Waals surface area contributed by atoms with Gasteiger partial charge >= 0.3 is 0 Å². The highest BCUT2D eigenvalue weighted by Gasteiger charge is 2.55. The molecular weight excluding hydrogens is 227 g/mol. The molecule has 1 aromatic carbocycles. The number of carbonyl (C=O) groups is 2. The Hall–Kier alpha value is -1.95. The van der Waals surface area contributed by atoms with Crippen molar-refractivity contribution in [1.29, 1.82) is 0 Å². The molecule has 92 valence electrons. The molecule has 2 rings (SSSR count). The molecule has 0 saturated heterocycles. The molecule has 2 amide bonds. The molecule has 0 radical (unpaired) electrons. The summed E-state index contributed by atoms with van der Waals surface area (Å²) in [6.45, 7) is 0. The molecule has 5 N–H and O–H groups in total. The van der Waals surface area contributed by atoms with Crippen LogP contribution in [0.25, 0.3) is 0 Å². The minimum Gasteiger partial charge on any atom is -0.412 e. The van der Waals surface area contributed by atoms with Crippen LogP contribution in [-0.4, -0.2) is 17.3 Å². The summed E-state index contributed by atoms with van der Waals surface area (Å²) in [5.41, 5.74) is 4.56. The van der Waals surface area contributed by atoms with Gasteiger partial charge in [-0.2, -0.15) is 0 Å². The lowest BCUT2D eigenvalue weighted by Crippen LogP contribution is -2.36. The zero-order valence-corrected chi connectivity index (χ0v) is 9.00. The largest absolute Gasteiger partial charge is 0.412 e. The van der Waals surface area contributed by atoms with Gasteiger partial charge in [0.1, 0.15) is 11.2 Å². The standard InChI is InChI=1S/C11H11FN2O2.H2O/c12-7-1-3-8(4-2-7)14-10(16)11(5-6-11)9(13)15;/h1-4H,5-6H2,(H2,13,15)(H,14,16);1H2. The number of amides is 2. The van der Waals surface area contributed by atoms with E-state index in [1.54, 1.807) is 0 Å². The number of hydrogen-bond donors (Lipinski definition) is 2. The zero-order valence-electron chi connectivity index (χ0n) is 9.00. The summed E-state index contributed by atoms with van der Waals surface area (Å²) in [5.74, 6) is -1.40. The monoisotopic (exact) mass is 240 g/mol. The molecule has 5 nitrogen and oxygen atoms in total. The number of primary amides is 1. The number of rotatable bonds is 3. The molecule has 1 aliphatic carbocycles. The molecule has 1 aromatic rings. The van der Waals surface area contributed by atoms with Crippen molar-refractivity contribution in [2.75, 3.05) is 5.32 Å². The van der Waals surface area contributed by atoms with Crippen LogP contribution in [-0.2, 0) is 9.59 Å². The summed E-state index contributed by atoms with van der Waals surface area (Å²) in [4.78, 5) is 22.8. The Morgan fingerprint density at radius 3 is 2.18 bits per heavy atom. The minimum absolute atomic E-state index is 0. The molecule has 0 aliphatic heterocycles. The zero-order chi connectivity index (χ0) is 11.8. The van der Waals surface area contributed by atoms with Gasteiger partial charge in [-0.25, -0.2) is 4.39 Å². The number of benzene rings is 1. The number of anilines is 1. The predicted octanol–water partition coefficient (Wildman–Crippen LogP) is 0.205. The van der Waals surface area contributed by atoms with E-state index in [4.69, 9.17) is 5.73 Å². The van der Waals surface area contributed by atoms with Crippen LogP contribution < -0.4 is 11.1 Å². The van der Waals surface area contributed by atoms with Crippen molar-refractivity contribution in [3.8, 4) is 0 Å². The van der Waals surface area contributed by atoms with Gasteiger partial charge in [0.2, 0.25) is 11.8 Å². The van der Waals surface area contributed by atoms with Crippen molar-refractivity contribution >= 4 is 17.5 Å². The summed E-state index contributed by atoms with van der Waals surface area (Å²) in [5, 5.41) is 2.55. The number of nitrogens with two attached hydrogens (primary N) is 1. The molecule has 0 unspecified atom stereocenters. The smallest absolute Gasteiger partial charge is 0.240 e. The lowest BCUT2D eigenvalue weighted by Gasteiger charge is -2.11. The van der Waals surface area contributed by atoms with Crippen LogP contribution in [0.15, 0.2) is 24.3 Å². The fraction of sp³-hybridized carbons (Fsp3) is 0.273. The molecule has 6 heteroatoms. The first-order chi connectivity index (χ1) is 7.54. The van der Waals surface area contributed by atoms with Crippen molar-refractivity contribution in [2.24, 2.45) is 11.1 Å². The molecule has 17 heavy (non-hydrogen) atoms. The average molecular weight is 240 g/mol. The number of halogens is 1. The fourth-order valence-electron chi connectivity index (χ4n) is 1.49. The molecule has 0 bridgehead atoms. The average Bonchev–Trinajstić information content (AvgIpc) is 3.02. The van der Waals surface area contributed by atoms with E-state index in [2.05, 4.69) is 5.32 Å². The highest BCUT2D eigenvalue weighted by Crippen LogP contribution is 2.46. The first kappa shape index (κ1) is 13.1. The van der Waals surface area contributed by atoms with Crippen LogP contribution in [0.1, 0.15) is 12.8 Å². The van der Waals surface area contributed by atoms with Crippen molar-refractivity contribution < 1.29 is 19.5 Å². The number of nitrogens with one attached hydrogen (secondary N) is 1. The van der Waals surface area contributed by atoms with Crippen LogP contribution in [0.4, 0.5) is 10.1 Å². The van der Waals surface area contributed by atoms with Crippen molar-refractivity contribution in [1.82, 2.24) is 0 Å². The maximum atomic E-state index is 12.6. The second-order valence-electron chi connectivity index (χ2n) is 3.91. The summed E-state index contributed by atoms with van der Waals surface area (Å²) in [6.07, 6.45) is 0.963. The third-order valence-corrected chi connectivity index (χ3v) is 2.76. The van der Waals surface area contributed by atoms with Crippen molar-refractivity contribution in [3.63, 3.8) is 0 Å². The molecule has 0 spiro atoms. The first-order valence-corrected chi connectivity index (χ1v) is 4.91. The summed E-state index contributed by atoms with van der Waals surface area (Å²) < 4.78 is 12.6. The van der Waals surface area contributed by atoms with E-state index in [1.165, 1.54) is 24.3 Å². The summed E-state index contributed by atoms with van der Waals surface area (Å²) in [6, 6.07) is 5.34. The van der Waals surface area contributed by atoms with Crippen molar-refractivity contribution in [2.45, 2.75) is 12.8 Å². The van der Waals surface area contributed by atoms with E-state index in [0.717, 1.165) is 0 Å². The van der Waals surface area contributed by atoms with Crippen LogP contribution in [0.5, 0.6) is 0 Å². The summed E-state index contributed by atoms with van der Waals surface area (Å²) in [7, 11) is 0. The molecule has 1 saturated carbocycles. The van der Waals surface area contributed by atoms with E-state index >= 15 is 0 Å². The van der Waals surface area contributed by atoms with Crippen LogP contribution in [0.2, 0.25) is 0 Å². The van der Waals surface area contributed by atoms with Gasteiger partial charge in [-0.05, 0) is 37.1 Å². The van der Waals surface area contributed by atoms with Gasteiger partial charge in [-0.1, -0.05) is 0 Å². The molecule has 0 atom stereocenters. The maximum absolute atomic E-state index is 12.6. The van der Waals surface area contributed by atoms with E-state index in [1.807, 2.05) is 0 Å². The van der Waals surface area contributed by atoms with Gasteiger partial charge in [0.05, 0.1) is 0 Å². The normalized spacial score (nSPS) is 15.6. The quantitative estimate of drug-likeness (QED) is 0.737. The van der Waals surface area contributed by atoms with E-state index < -0.39 is 17.2 Å². The first-order valence-electron chi connectivity index (χ1n) is 4.91. The van der Waals surface area contributed by atoms with Crippen LogP contribution in [0, 0.1) is 11.2 Å². The molecule has 0 heterocycles. The summed E-state index contributed by atoms with van der Waals surface area (Å²) >= 11 is 0. The van der Waals surface area contributed by atoms with Gasteiger partial charge < -0.3 is 16.5 Å². The highest BCUT2D eigenvalue weighted by molar-refractivity contribution is 6.12. The number of hydrogen-bond acceptors (Lipinski definition) is 2. The van der Waals surface area contributed by atoms with Crippen molar-refractivity contribution in [3.05, 3.63) is 30.1 Å². The Labute approximate surface area is 97.1 Å². The molecule has 1 fully saturated rings. The fourth-order valence-corrected chi connectivity index (χ4v) is 1.49. The minimum atomic E-state index is -1.05. The van der Waals surface area contributed by atoms with Crippen LogP contribution in [0.3, 0.4) is 0 Å². The lowest BCUT2D eigenvalue weighted by atomic mass is 10.1. The van der Waals surface area contributed by atoms with Crippen LogP contribution >= 0.6 is 0 Å². The third kappa shape index (κ3) is 2.42. The SMILES string of the molecule is NC(=O)C1(C(=O)Nc2ccc(F)cc2)CC1.O. The maximum Gasteiger partial charge on any atom is 0.240 e. The van der Waals surface area contributed by atoms with Gasteiger partial charge in [-0.15, -0.1) is 0 Å². The Balaban J connectivity index is 0.00000144. The third-order valence-electron chi connectivity index (χ3n) is 2.76. The van der Waals surface area contributed by atoms with Gasteiger partial charge in [-0.3, -0.25) is 9.59 Å². The Kier molecular flexibility index (Phi) is 3.47. The highest BCUT2D eigenvalue weighted by atomic mass is 19.1. The van der Waals surface area contributed by atoms with Gasteiger partial charge in [0.25, 0.3) is 0 Å². The second-order valence-corrected chi connectivity index (χ2v) is 3.91. The van der Waals surface area contributed by atoms with E-state index in [-0.39, 0.29) is 11.3 Å². The predicted molar refractivity (Wildman–Crippen MR) is 59.5 cm³/mol. The van der Waals surface area contributed by atoms with E-state index in [9.17, 15) is 14.0 Å². The topological polar surface area (TPSA) is 104 Å². The van der Waals surface area contributed by atoms with E-state index in [0.29, 0.717) is 18.5 Å². The molecule has 0 aromatic heterocycles.